The first kappa shape index (κ1) is 30.7. The molecule has 258 valence electrons. The first-order chi connectivity index (χ1) is 27.1. The quantitative estimate of drug-likeness (QED) is 0.170. The summed E-state index contributed by atoms with van der Waals surface area (Å²) < 4.78 is 15.5. The monoisotopic (exact) mass is 721 g/mol. The smallest absolute Gasteiger partial charge is 0.136 e. The fourth-order valence-electron chi connectivity index (χ4n) is 9.55. The summed E-state index contributed by atoms with van der Waals surface area (Å²) >= 11 is 1.84. The van der Waals surface area contributed by atoms with Crippen LogP contribution in [-0.2, 0) is 5.41 Å². The topological polar surface area (TPSA) is 38.6 Å². The molecule has 2 unspecified atom stereocenters. The van der Waals surface area contributed by atoms with Gasteiger partial charge < -0.3 is 8.83 Å². The lowest BCUT2D eigenvalue weighted by molar-refractivity contribution is 0.540. The standard InChI is InChI=1S/C51H31NO2S/c1-29-26-37-30(2)50(52-49(29)31-22-24-42-38(27-31)34-14-6-8-18-41(34)53-42)51(32-12-4-3-5-13-32,33-23-25-46-39(28-33)35-15-7-9-21-45(35)55-46)40-17-11-20-44-48(40)47-36(37)16-10-19-43(47)54-44/h3-25,27-28,50H,2H2,1H3. The van der Waals surface area contributed by atoms with Gasteiger partial charge in [-0.25, -0.2) is 0 Å². The molecule has 2 atom stereocenters. The molecule has 12 rings (SSSR count). The molecule has 0 spiro atoms. The molecule has 0 radical (unpaired) electrons. The first-order valence-electron chi connectivity index (χ1n) is 18.7. The zero-order valence-corrected chi connectivity index (χ0v) is 30.7. The van der Waals surface area contributed by atoms with Gasteiger partial charge in [0.1, 0.15) is 22.3 Å². The van der Waals surface area contributed by atoms with Gasteiger partial charge in [0.05, 0.1) is 17.2 Å². The van der Waals surface area contributed by atoms with Gasteiger partial charge in [-0.1, -0.05) is 104 Å². The first-order valence-corrected chi connectivity index (χ1v) is 19.5. The van der Waals surface area contributed by atoms with Gasteiger partial charge in [-0.3, -0.25) is 4.99 Å². The van der Waals surface area contributed by atoms with Gasteiger partial charge in [0.25, 0.3) is 0 Å². The largest absolute Gasteiger partial charge is 0.456 e. The number of aliphatic imine (C=N–C) groups is 1. The van der Waals surface area contributed by atoms with Crippen molar-refractivity contribution in [3.8, 4) is 0 Å². The maximum Gasteiger partial charge on any atom is 0.136 e. The second kappa shape index (κ2) is 11.2. The Morgan fingerprint density at radius 2 is 1.31 bits per heavy atom. The van der Waals surface area contributed by atoms with E-state index in [0.29, 0.717) is 0 Å². The minimum atomic E-state index is -0.825. The molecule has 55 heavy (non-hydrogen) atoms. The van der Waals surface area contributed by atoms with Crippen LogP contribution < -0.4 is 0 Å². The lowest BCUT2D eigenvalue weighted by Gasteiger charge is -2.43. The number of fused-ring (bicyclic) bond motifs is 9. The van der Waals surface area contributed by atoms with Crippen LogP contribution in [0.1, 0.15) is 34.7 Å². The van der Waals surface area contributed by atoms with E-state index in [9.17, 15) is 0 Å². The Morgan fingerprint density at radius 3 is 2.20 bits per heavy atom. The lowest BCUT2D eigenvalue weighted by Crippen LogP contribution is -2.43. The highest BCUT2D eigenvalue weighted by Gasteiger charge is 2.49. The lowest BCUT2D eigenvalue weighted by atomic mass is 9.60. The number of thiophene rings is 1. The van der Waals surface area contributed by atoms with Crippen molar-refractivity contribution in [2.24, 2.45) is 4.99 Å². The number of nitrogens with zero attached hydrogens (tertiary/aromatic N) is 1. The van der Waals surface area contributed by atoms with Gasteiger partial charge in [-0.15, -0.1) is 17.1 Å². The Hall–Kier alpha value is -6.71. The molecule has 0 saturated carbocycles. The van der Waals surface area contributed by atoms with E-state index in [4.69, 9.17) is 20.4 Å². The van der Waals surface area contributed by atoms with E-state index in [1.807, 2.05) is 23.5 Å². The van der Waals surface area contributed by atoms with Crippen molar-refractivity contribution in [2.75, 3.05) is 0 Å². The van der Waals surface area contributed by atoms with Crippen LogP contribution >= 0.6 is 11.3 Å². The number of hydrogen-bond acceptors (Lipinski definition) is 4. The highest BCUT2D eigenvalue weighted by molar-refractivity contribution is 7.25. The maximum absolute atomic E-state index is 6.73. The Kier molecular flexibility index (Phi) is 6.23. The summed E-state index contributed by atoms with van der Waals surface area (Å²) in [4.78, 5) is 5.98. The van der Waals surface area contributed by atoms with Gasteiger partial charge >= 0.3 is 0 Å². The Morgan fingerprint density at radius 1 is 0.600 bits per heavy atom. The van der Waals surface area contributed by atoms with Crippen molar-refractivity contribution in [3.63, 3.8) is 0 Å². The minimum Gasteiger partial charge on any atom is -0.456 e. The van der Waals surface area contributed by atoms with E-state index < -0.39 is 11.5 Å². The van der Waals surface area contributed by atoms with Crippen molar-refractivity contribution in [1.29, 1.82) is 0 Å². The summed E-state index contributed by atoms with van der Waals surface area (Å²) in [6.45, 7) is 7.13. The molecule has 7 aromatic carbocycles. The molecule has 3 aromatic heterocycles. The van der Waals surface area contributed by atoms with E-state index >= 15 is 0 Å². The third kappa shape index (κ3) is 4.13. The number of para-hydroxylation sites is 1. The molecule has 2 aliphatic rings. The third-order valence-corrected chi connectivity index (χ3v) is 13.1. The predicted molar refractivity (Wildman–Crippen MR) is 229 cm³/mol. The molecule has 0 fully saturated rings. The zero-order chi connectivity index (χ0) is 36.4. The summed E-state index contributed by atoms with van der Waals surface area (Å²) in [5.41, 5.74) is 15.8. The van der Waals surface area contributed by atoms with Crippen LogP contribution in [0.25, 0.3) is 69.6 Å². The summed E-state index contributed by atoms with van der Waals surface area (Å²) in [7, 11) is 0. The van der Waals surface area contributed by atoms with Crippen LogP contribution in [0.15, 0.2) is 189 Å². The summed E-state index contributed by atoms with van der Waals surface area (Å²) in [5.74, 6) is 0. The van der Waals surface area contributed by atoms with E-state index in [1.54, 1.807) is 0 Å². The molecule has 4 heterocycles. The SMILES string of the molecule is C=C1C2=C=C(C)C(c3ccc4oc5ccccc5c4c3)=NC1C(c1ccccc1)(c1ccc3sc4ccccc4c3c1)c1cccc3oc4cccc2c4c13. The Bertz CT molecular complexity index is 3400. The molecular weight excluding hydrogens is 691 g/mol. The van der Waals surface area contributed by atoms with E-state index in [0.717, 1.165) is 94.1 Å². The normalized spacial score (nSPS) is 18.2. The van der Waals surface area contributed by atoms with Gasteiger partial charge in [0.2, 0.25) is 0 Å². The van der Waals surface area contributed by atoms with Crippen molar-refractivity contribution >= 4 is 86.7 Å². The number of hydrogen-bond donors (Lipinski definition) is 0. The van der Waals surface area contributed by atoms with E-state index in [-0.39, 0.29) is 0 Å². The van der Waals surface area contributed by atoms with Crippen molar-refractivity contribution in [3.05, 3.63) is 203 Å². The molecule has 10 aromatic rings. The minimum absolute atomic E-state index is 0.465. The van der Waals surface area contributed by atoms with Crippen molar-refractivity contribution in [1.82, 2.24) is 0 Å². The fraction of sp³-hybridized carbons (Fsp3) is 0.0588. The van der Waals surface area contributed by atoms with Crippen LogP contribution in [0.3, 0.4) is 0 Å². The average Bonchev–Trinajstić information content (AvgIpc) is 3.89. The van der Waals surface area contributed by atoms with Crippen LogP contribution in [0.5, 0.6) is 0 Å². The summed E-state index contributed by atoms with van der Waals surface area (Å²) in [6, 6.07) is 53.8. The predicted octanol–water partition coefficient (Wildman–Crippen LogP) is 13.6. The maximum atomic E-state index is 6.73. The van der Waals surface area contributed by atoms with E-state index in [1.165, 1.54) is 20.2 Å². The second-order valence-electron chi connectivity index (χ2n) is 14.8. The molecule has 1 aliphatic carbocycles. The van der Waals surface area contributed by atoms with Gasteiger partial charge in [0.15, 0.2) is 0 Å². The van der Waals surface area contributed by atoms with Gasteiger partial charge in [0, 0.05) is 64.0 Å². The summed E-state index contributed by atoms with van der Waals surface area (Å²) in [6.07, 6.45) is 0. The van der Waals surface area contributed by atoms with Crippen LogP contribution in [0, 0.1) is 0 Å². The molecule has 0 saturated heterocycles. The Labute approximate surface area is 320 Å². The second-order valence-corrected chi connectivity index (χ2v) is 15.9. The number of benzene rings is 7. The fourth-order valence-corrected chi connectivity index (χ4v) is 10.6. The molecule has 3 nitrogen and oxygen atoms in total. The number of rotatable bonds is 3. The van der Waals surface area contributed by atoms with E-state index in [2.05, 4.69) is 152 Å². The van der Waals surface area contributed by atoms with Gasteiger partial charge in [-0.2, -0.15) is 0 Å². The highest BCUT2D eigenvalue weighted by atomic mass is 32.1. The highest BCUT2D eigenvalue weighted by Crippen LogP contribution is 2.55. The molecule has 2 bridgehead atoms. The average molecular weight is 722 g/mol. The molecular formula is C51H31NO2S. The summed E-state index contributed by atoms with van der Waals surface area (Å²) in [5, 5.41) is 6.84. The van der Waals surface area contributed by atoms with Gasteiger partial charge in [-0.05, 0) is 83.8 Å². The van der Waals surface area contributed by atoms with Crippen LogP contribution in [0.2, 0.25) is 0 Å². The molecule has 1 aliphatic heterocycles. The molecule has 0 amide bonds. The molecule has 0 N–H and O–H groups in total. The number of furan rings is 2. The Balaban J connectivity index is 1.27. The zero-order valence-electron chi connectivity index (χ0n) is 29.9. The van der Waals surface area contributed by atoms with Crippen molar-refractivity contribution in [2.45, 2.75) is 18.4 Å². The van der Waals surface area contributed by atoms with Crippen molar-refractivity contribution < 1.29 is 8.83 Å². The third-order valence-electron chi connectivity index (χ3n) is 11.9. The van der Waals surface area contributed by atoms with Crippen LogP contribution in [0.4, 0.5) is 0 Å². The molecule has 4 heteroatoms. The van der Waals surface area contributed by atoms with Crippen LogP contribution in [-0.4, -0.2) is 11.8 Å².